The van der Waals surface area contributed by atoms with Gasteiger partial charge >= 0.3 is 0 Å². The highest BCUT2D eigenvalue weighted by atomic mass is 32.2. The molecule has 0 spiro atoms. The van der Waals surface area contributed by atoms with Gasteiger partial charge in [-0.3, -0.25) is 4.21 Å². The summed E-state index contributed by atoms with van der Waals surface area (Å²) in [6.07, 6.45) is 6.60. The Hall–Kier alpha value is -0.680. The van der Waals surface area contributed by atoms with Gasteiger partial charge in [0.15, 0.2) is 0 Å². The third-order valence-electron chi connectivity index (χ3n) is 2.57. The standard InChI is InChI=1S/C11H21N3OS/c1-4-5-14-9-13-8-11(14)7-12-6-10(2)16(3)15/h8-10,12H,4-7H2,1-3H3. The molecule has 2 atom stereocenters. The maximum atomic E-state index is 11.2. The van der Waals surface area contributed by atoms with Crippen LogP contribution in [0.1, 0.15) is 26.0 Å². The zero-order chi connectivity index (χ0) is 12.0. The molecule has 0 saturated heterocycles. The first kappa shape index (κ1) is 13.4. The fourth-order valence-electron chi connectivity index (χ4n) is 1.46. The summed E-state index contributed by atoms with van der Waals surface area (Å²) >= 11 is 0. The highest BCUT2D eigenvalue weighted by molar-refractivity contribution is 7.84. The lowest BCUT2D eigenvalue weighted by molar-refractivity contribution is 0.596. The Morgan fingerprint density at radius 2 is 2.38 bits per heavy atom. The second-order valence-corrected chi connectivity index (χ2v) is 5.82. The summed E-state index contributed by atoms with van der Waals surface area (Å²) in [4.78, 5) is 4.14. The van der Waals surface area contributed by atoms with Gasteiger partial charge in [0, 0.05) is 48.1 Å². The molecule has 1 rings (SSSR count). The molecule has 4 nitrogen and oxygen atoms in total. The van der Waals surface area contributed by atoms with E-state index in [1.54, 1.807) is 6.26 Å². The van der Waals surface area contributed by atoms with Crippen molar-refractivity contribution in [2.45, 2.75) is 38.6 Å². The highest BCUT2D eigenvalue weighted by Gasteiger charge is 2.06. The molecule has 1 aromatic heterocycles. The van der Waals surface area contributed by atoms with E-state index in [1.807, 2.05) is 19.4 Å². The second-order valence-electron chi connectivity index (χ2n) is 4.02. The molecule has 2 unspecified atom stereocenters. The van der Waals surface area contributed by atoms with Gasteiger partial charge in [-0.05, 0) is 13.3 Å². The van der Waals surface area contributed by atoms with Gasteiger partial charge in [0.05, 0.1) is 12.0 Å². The predicted octanol–water partition coefficient (Wildman–Crippen LogP) is 1.15. The fraction of sp³-hybridized carbons (Fsp3) is 0.727. The molecule has 16 heavy (non-hydrogen) atoms. The highest BCUT2D eigenvalue weighted by Crippen LogP contribution is 2.00. The third-order valence-corrected chi connectivity index (χ3v) is 3.87. The minimum atomic E-state index is -0.752. The van der Waals surface area contributed by atoms with Crippen LogP contribution in [-0.4, -0.2) is 31.8 Å². The molecule has 5 heteroatoms. The second kappa shape index (κ2) is 6.81. The van der Waals surface area contributed by atoms with Gasteiger partial charge in [-0.2, -0.15) is 0 Å². The maximum absolute atomic E-state index is 11.2. The number of rotatable bonds is 7. The Bertz CT molecular complexity index is 338. The molecule has 0 aromatic carbocycles. The summed E-state index contributed by atoms with van der Waals surface area (Å²) in [6, 6.07) is 0. The fourth-order valence-corrected chi connectivity index (χ4v) is 1.81. The zero-order valence-corrected chi connectivity index (χ0v) is 11.1. The van der Waals surface area contributed by atoms with Gasteiger partial charge in [-0.1, -0.05) is 6.92 Å². The van der Waals surface area contributed by atoms with E-state index >= 15 is 0 Å². The largest absolute Gasteiger partial charge is 0.333 e. The Labute approximate surface area is 99.9 Å². The third kappa shape index (κ3) is 4.06. The molecule has 0 aliphatic heterocycles. The lowest BCUT2D eigenvalue weighted by Gasteiger charge is -2.11. The summed E-state index contributed by atoms with van der Waals surface area (Å²) in [7, 11) is -0.752. The van der Waals surface area contributed by atoms with Gasteiger partial charge in [0.2, 0.25) is 0 Å². The zero-order valence-electron chi connectivity index (χ0n) is 10.3. The van der Waals surface area contributed by atoms with Crippen molar-refractivity contribution in [3.05, 3.63) is 18.2 Å². The van der Waals surface area contributed by atoms with E-state index in [1.165, 1.54) is 5.69 Å². The summed E-state index contributed by atoms with van der Waals surface area (Å²) in [5.74, 6) is 0. The van der Waals surface area contributed by atoms with Crippen LogP contribution in [0.2, 0.25) is 0 Å². The SMILES string of the molecule is CCCn1cncc1CNCC(C)S(C)=O. The average molecular weight is 243 g/mol. The normalized spacial score (nSPS) is 14.9. The molecule has 1 heterocycles. The van der Waals surface area contributed by atoms with Crippen molar-refractivity contribution >= 4 is 10.8 Å². The first-order valence-electron chi connectivity index (χ1n) is 5.67. The van der Waals surface area contributed by atoms with Crippen LogP contribution in [-0.2, 0) is 23.9 Å². The Kier molecular flexibility index (Phi) is 5.69. The van der Waals surface area contributed by atoms with E-state index in [2.05, 4.69) is 21.8 Å². The van der Waals surface area contributed by atoms with E-state index in [9.17, 15) is 4.21 Å². The van der Waals surface area contributed by atoms with E-state index in [0.717, 1.165) is 26.1 Å². The molecular weight excluding hydrogens is 222 g/mol. The Balaban J connectivity index is 2.36. The summed E-state index contributed by atoms with van der Waals surface area (Å²) in [5.41, 5.74) is 1.19. The van der Waals surface area contributed by atoms with E-state index < -0.39 is 10.8 Å². The number of aryl methyl sites for hydroxylation is 1. The monoisotopic (exact) mass is 243 g/mol. The van der Waals surface area contributed by atoms with Crippen LogP contribution in [0.25, 0.3) is 0 Å². The van der Waals surface area contributed by atoms with Crippen molar-refractivity contribution in [3.63, 3.8) is 0 Å². The van der Waals surface area contributed by atoms with Crippen molar-refractivity contribution in [1.29, 1.82) is 0 Å². The summed E-state index contributed by atoms with van der Waals surface area (Å²) in [5, 5.41) is 3.51. The smallest absolute Gasteiger partial charge is 0.0948 e. The van der Waals surface area contributed by atoms with Crippen molar-refractivity contribution < 1.29 is 4.21 Å². The van der Waals surface area contributed by atoms with Gasteiger partial charge in [0.25, 0.3) is 0 Å². The predicted molar refractivity (Wildman–Crippen MR) is 67.8 cm³/mol. The van der Waals surface area contributed by atoms with Gasteiger partial charge in [-0.25, -0.2) is 4.98 Å². The van der Waals surface area contributed by atoms with E-state index in [0.29, 0.717) is 0 Å². The number of nitrogens with zero attached hydrogens (tertiary/aromatic N) is 2. The molecule has 0 amide bonds. The van der Waals surface area contributed by atoms with Crippen molar-refractivity contribution in [1.82, 2.24) is 14.9 Å². The van der Waals surface area contributed by atoms with Crippen LogP contribution >= 0.6 is 0 Å². The van der Waals surface area contributed by atoms with Crippen molar-refractivity contribution in [2.24, 2.45) is 0 Å². The van der Waals surface area contributed by atoms with Crippen LogP contribution in [0, 0.1) is 0 Å². The molecule has 1 N–H and O–H groups in total. The van der Waals surface area contributed by atoms with Crippen LogP contribution in [0.3, 0.4) is 0 Å². The van der Waals surface area contributed by atoms with Crippen molar-refractivity contribution in [2.75, 3.05) is 12.8 Å². The molecule has 0 fully saturated rings. The van der Waals surface area contributed by atoms with Gasteiger partial charge in [-0.15, -0.1) is 0 Å². The number of hydrogen-bond acceptors (Lipinski definition) is 3. The molecule has 0 radical (unpaired) electrons. The molecule has 0 aliphatic carbocycles. The molecule has 0 bridgehead atoms. The number of imidazole rings is 1. The Morgan fingerprint density at radius 1 is 1.62 bits per heavy atom. The Morgan fingerprint density at radius 3 is 3.00 bits per heavy atom. The number of nitrogens with one attached hydrogen (secondary N) is 1. The number of hydrogen-bond donors (Lipinski definition) is 1. The molecular formula is C11H21N3OS. The molecule has 0 saturated carbocycles. The van der Waals surface area contributed by atoms with Crippen LogP contribution in [0.15, 0.2) is 12.5 Å². The van der Waals surface area contributed by atoms with Crippen LogP contribution in [0.4, 0.5) is 0 Å². The summed E-state index contributed by atoms with van der Waals surface area (Å²) < 4.78 is 13.3. The van der Waals surface area contributed by atoms with E-state index in [4.69, 9.17) is 0 Å². The van der Waals surface area contributed by atoms with E-state index in [-0.39, 0.29) is 5.25 Å². The van der Waals surface area contributed by atoms with Crippen LogP contribution < -0.4 is 5.32 Å². The quantitative estimate of drug-likeness (QED) is 0.781. The topological polar surface area (TPSA) is 46.9 Å². The number of aromatic nitrogens is 2. The minimum absolute atomic E-state index is 0.197. The molecule has 1 aromatic rings. The lowest BCUT2D eigenvalue weighted by Crippen LogP contribution is -2.27. The first-order valence-corrected chi connectivity index (χ1v) is 7.29. The van der Waals surface area contributed by atoms with Gasteiger partial charge < -0.3 is 9.88 Å². The van der Waals surface area contributed by atoms with Gasteiger partial charge in [0.1, 0.15) is 0 Å². The first-order chi connectivity index (χ1) is 7.65. The maximum Gasteiger partial charge on any atom is 0.0948 e. The minimum Gasteiger partial charge on any atom is -0.333 e. The average Bonchev–Trinajstić information content (AvgIpc) is 2.66. The van der Waals surface area contributed by atoms with Crippen LogP contribution in [0.5, 0.6) is 0 Å². The lowest BCUT2D eigenvalue weighted by atomic mass is 10.4. The molecule has 0 aliphatic rings. The van der Waals surface area contributed by atoms with Crippen molar-refractivity contribution in [3.8, 4) is 0 Å². The molecule has 92 valence electrons. The summed E-state index contributed by atoms with van der Waals surface area (Å²) in [6.45, 7) is 6.72.